The maximum atomic E-state index is 5.96. The van der Waals surface area contributed by atoms with E-state index < -0.39 is 0 Å². The highest BCUT2D eigenvalue weighted by Gasteiger charge is 2.31. The van der Waals surface area contributed by atoms with Crippen LogP contribution in [0.15, 0.2) is 43.0 Å². The van der Waals surface area contributed by atoms with Crippen molar-refractivity contribution in [1.29, 1.82) is 0 Å². The predicted molar refractivity (Wildman–Crippen MR) is 73.4 cm³/mol. The van der Waals surface area contributed by atoms with Gasteiger partial charge in [-0.05, 0) is 24.3 Å². The quantitative estimate of drug-likeness (QED) is 0.714. The molecule has 1 aliphatic rings. The second-order valence-corrected chi connectivity index (χ2v) is 5.03. The molecule has 0 unspecified atom stereocenters. The Morgan fingerprint density at radius 2 is 2.17 bits per heavy atom. The van der Waals surface area contributed by atoms with Crippen LogP contribution < -0.4 is 0 Å². The molecule has 0 saturated carbocycles. The zero-order chi connectivity index (χ0) is 12.8. The van der Waals surface area contributed by atoms with Crippen LogP contribution in [0.5, 0.6) is 0 Å². The SMILES string of the molecule is C=CC[C@@H]1C[C@@H](C)[C@@H](COCc2ccccc2)O1. The summed E-state index contributed by atoms with van der Waals surface area (Å²) in [6.45, 7) is 7.35. The van der Waals surface area contributed by atoms with Crippen molar-refractivity contribution in [3.8, 4) is 0 Å². The Morgan fingerprint density at radius 3 is 2.89 bits per heavy atom. The van der Waals surface area contributed by atoms with E-state index in [2.05, 4.69) is 25.6 Å². The minimum atomic E-state index is 0.235. The predicted octanol–water partition coefficient (Wildman–Crippen LogP) is 3.57. The van der Waals surface area contributed by atoms with E-state index in [1.165, 1.54) is 5.56 Å². The summed E-state index contributed by atoms with van der Waals surface area (Å²) >= 11 is 0. The first-order chi connectivity index (χ1) is 8.79. The van der Waals surface area contributed by atoms with Crippen LogP contribution in [0.2, 0.25) is 0 Å². The Bertz CT molecular complexity index is 361. The Kier molecular flexibility index (Phi) is 4.97. The number of benzene rings is 1. The van der Waals surface area contributed by atoms with Gasteiger partial charge in [0.15, 0.2) is 0 Å². The van der Waals surface area contributed by atoms with Crippen molar-refractivity contribution >= 4 is 0 Å². The summed E-state index contributed by atoms with van der Waals surface area (Å²) in [6.07, 6.45) is 4.57. The smallest absolute Gasteiger partial charge is 0.0838 e. The molecule has 2 rings (SSSR count). The van der Waals surface area contributed by atoms with Crippen LogP contribution in [0, 0.1) is 5.92 Å². The van der Waals surface area contributed by atoms with E-state index in [1.807, 2.05) is 24.3 Å². The fourth-order valence-corrected chi connectivity index (χ4v) is 2.41. The zero-order valence-electron chi connectivity index (χ0n) is 11.0. The lowest BCUT2D eigenvalue weighted by molar-refractivity contribution is -0.0280. The van der Waals surface area contributed by atoms with Crippen LogP contribution in [0.4, 0.5) is 0 Å². The van der Waals surface area contributed by atoms with Crippen molar-refractivity contribution in [1.82, 2.24) is 0 Å². The van der Waals surface area contributed by atoms with Gasteiger partial charge in [-0.25, -0.2) is 0 Å². The van der Waals surface area contributed by atoms with Crippen molar-refractivity contribution in [3.63, 3.8) is 0 Å². The second-order valence-electron chi connectivity index (χ2n) is 5.03. The summed E-state index contributed by atoms with van der Waals surface area (Å²) in [5, 5.41) is 0. The van der Waals surface area contributed by atoms with Gasteiger partial charge in [-0.3, -0.25) is 0 Å². The summed E-state index contributed by atoms with van der Waals surface area (Å²) in [5.74, 6) is 0.575. The van der Waals surface area contributed by atoms with Gasteiger partial charge >= 0.3 is 0 Å². The van der Waals surface area contributed by atoms with Crippen LogP contribution in [0.3, 0.4) is 0 Å². The second kappa shape index (κ2) is 6.72. The normalized spacial score (nSPS) is 27.3. The monoisotopic (exact) mass is 246 g/mol. The molecule has 2 nitrogen and oxygen atoms in total. The minimum Gasteiger partial charge on any atom is -0.374 e. The molecule has 1 aromatic carbocycles. The van der Waals surface area contributed by atoms with E-state index in [4.69, 9.17) is 9.47 Å². The largest absolute Gasteiger partial charge is 0.374 e. The number of hydrogen-bond donors (Lipinski definition) is 0. The molecule has 18 heavy (non-hydrogen) atoms. The van der Waals surface area contributed by atoms with Gasteiger partial charge in [-0.2, -0.15) is 0 Å². The highest BCUT2D eigenvalue weighted by atomic mass is 16.5. The highest BCUT2D eigenvalue weighted by Crippen LogP contribution is 2.28. The standard InChI is InChI=1S/C16H22O2/c1-3-7-15-10-13(2)16(18-15)12-17-11-14-8-5-4-6-9-14/h3-6,8-9,13,15-16H,1,7,10-12H2,2H3/t13-,15-,16-/m1/s1. The number of rotatable bonds is 6. The Balaban J connectivity index is 1.72. The van der Waals surface area contributed by atoms with Gasteiger partial charge < -0.3 is 9.47 Å². The van der Waals surface area contributed by atoms with Crippen molar-refractivity contribution < 1.29 is 9.47 Å². The molecule has 2 heteroatoms. The molecule has 0 bridgehead atoms. The minimum absolute atomic E-state index is 0.235. The molecule has 0 N–H and O–H groups in total. The maximum Gasteiger partial charge on any atom is 0.0838 e. The van der Waals surface area contributed by atoms with Crippen LogP contribution >= 0.6 is 0 Å². The molecule has 1 heterocycles. The van der Waals surface area contributed by atoms with Gasteiger partial charge in [0.25, 0.3) is 0 Å². The molecule has 3 atom stereocenters. The highest BCUT2D eigenvalue weighted by molar-refractivity contribution is 5.13. The van der Waals surface area contributed by atoms with Crippen molar-refractivity contribution in [2.45, 2.75) is 38.6 Å². The Labute approximate surface area is 110 Å². The average Bonchev–Trinajstić information content (AvgIpc) is 2.72. The molecule has 0 spiro atoms. The third kappa shape index (κ3) is 3.69. The van der Waals surface area contributed by atoms with Gasteiger partial charge in [0.2, 0.25) is 0 Å². The summed E-state index contributed by atoms with van der Waals surface area (Å²) in [4.78, 5) is 0. The van der Waals surface area contributed by atoms with Crippen molar-refractivity contribution in [2.75, 3.05) is 6.61 Å². The lowest BCUT2D eigenvalue weighted by atomic mass is 10.0. The Morgan fingerprint density at radius 1 is 1.39 bits per heavy atom. The molecule has 0 aromatic heterocycles. The average molecular weight is 246 g/mol. The van der Waals surface area contributed by atoms with Crippen LogP contribution in [-0.2, 0) is 16.1 Å². The molecule has 98 valence electrons. The van der Waals surface area contributed by atoms with Crippen LogP contribution in [0.25, 0.3) is 0 Å². The summed E-state index contributed by atoms with van der Waals surface area (Å²) < 4.78 is 11.7. The van der Waals surface area contributed by atoms with Gasteiger partial charge in [-0.1, -0.05) is 43.3 Å². The first kappa shape index (κ1) is 13.3. The summed E-state index contributed by atoms with van der Waals surface area (Å²) in [5.41, 5.74) is 1.21. The van der Waals surface area contributed by atoms with Crippen LogP contribution in [-0.4, -0.2) is 18.8 Å². The maximum absolute atomic E-state index is 5.96. The fourth-order valence-electron chi connectivity index (χ4n) is 2.41. The number of ether oxygens (including phenoxy) is 2. The van der Waals surface area contributed by atoms with Crippen LogP contribution in [0.1, 0.15) is 25.3 Å². The molecule has 0 aliphatic carbocycles. The fraction of sp³-hybridized carbons (Fsp3) is 0.500. The first-order valence-corrected chi connectivity index (χ1v) is 6.67. The lowest BCUT2D eigenvalue weighted by Gasteiger charge is -2.15. The van der Waals surface area contributed by atoms with Crippen molar-refractivity contribution in [3.05, 3.63) is 48.6 Å². The van der Waals surface area contributed by atoms with E-state index in [0.717, 1.165) is 12.8 Å². The first-order valence-electron chi connectivity index (χ1n) is 6.67. The van der Waals surface area contributed by atoms with E-state index in [-0.39, 0.29) is 6.10 Å². The van der Waals surface area contributed by atoms with Gasteiger partial charge in [0, 0.05) is 0 Å². The van der Waals surface area contributed by atoms with E-state index in [9.17, 15) is 0 Å². The molecule has 1 aliphatic heterocycles. The van der Waals surface area contributed by atoms with Crippen molar-refractivity contribution in [2.24, 2.45) is 5.92 Å². The van der Waals surface area contributed by atoms with Gasteiger partial charge in [0.1, 0.15) is 0 Å². The lowest BCUT2D eigenvalue weighted by Crippen LogP contribution is -2.21. The molecule has 1 fully saturated rings. The van der Waals surface area contributed by atoms with E-state index in [1.54, 1.807) is 0 Å². The Hall–Kier alpha value is -1.12. The summed E-state index contributed by atoms with van der Waals surface area (Å²) in [7, 11) is 0. The third-order valence-electron chi connectivity index (χ3n) is 3.46. The zero-order valence-corrected chi connectivity index (χ0v) is 11.0. The number of hydrogen-bond acceptors (Lipinski definition) is 2. The van der Waals surface area contributed by atoms with Gasteiger partial charge in [-0.15, -0.1) is 6.58 Å². The molecule has 1 saturated heterocycles. The topological polar surface area (TPSA) is 18.5 Å². The molecule has 1 aromatic rings. The summed E-state index contributed by atoms with van der Waals surface area (Å²) in [6, 6.07) is 10.3. The molecule has 0 amide bonds. The van der Waals surface area contributed by atoms with E-state index >= 15 is 0 Å². The third-order valence-corrected chi connectivity index (χ3v) is 3.46. The van der Waals surface area contributed by atoms with Gasteiger partial charge in [0.05, 0.1) is 25.4 Å². The molecular formula is C16H22O2. The molecular weight excluding hydrogens is 224 g/mol. The molecule has 0 radical (unpaired) electrons. The van der Waals surface area contributed by atoms with E-state index in [0.29, 0.717) is 25.2 Å².